The van der Waals surface area contributed by atoms with E-state index < -0.39 is 0 Å². The van der Waals surface area contributed by atoms with E-state index in [0.29, 0.717) is 18.5 Å². The molecule has 1 heterocycles. The summed E-state index contributed by atoms with van der Waals surface area (Å²) in [6, 6.07) is 0.876. The van der Waals surface area contributed by atoms with Crippen LogP contribution in [0, 0.1) is 5.92 Å². The molecule has 1 aliphatic heterocycles. The highest BCUT2D eigenvalue weighted by atomic mass is 32.2. The van der Waals surface area contributed by atoms with Gasteiger partial charge in [0.15, 0.2) is 0 Å². The molecule has 0 radical (unpaired) electrons. The molecular weight excluding hydrogens is 208 g/mol. The Hall–Kier alpha value is -0.220. The molecule has 2 fully saturated rings. The molecule has 4 heteroatoms. The normalized spacial score (nSPS) is 34.9. The third-order valence-electron chi connectivity index (χ3n) is 3.22. The molecule has 15 heavy (non-hydrogen) atoms. The summed E-state index contributed by atoms with van der Waals surface area (Å²) >= 11 is 1.94. The molecule has 0 aromatic carbocycles. The Morgan fingerprint density at radius 1 is 1.60 bits per heavy atom. The molecule has 0 aromatic rings. The van der Waals surface area contributed by atoms with Crippen LogP contribution in [-0.2, 0) is 4.79 Å². The van der Waals surface area contributed by atoms with Crippen molar-refractivity contribution in [3.63, 3.8) is 0 Å². The number of carbonyl (C=O) groups excluding carboxylic acids is 1. The molecule has 0 aromatic heterocycles. The number of rotatable bonds is 4. The first-order chi connectivity index (χ1) is 7.29. The van der Waals surface area contributed by atoms with Gasteiger partial charge in [0.25, 0.3) is 0 Å². The maximum atomic E-state index is 11.7. The summed E-state index contributed by atoms with van der Waals surface area (Å²) in [6.07, 6.45) is 3.04. The fourth-order valence-corrected chi connectivity index (χ4v) is 3.06. The lowest BCUT2D eigenvalue weighted by Crippen LogP contribution is -2.41. The van der Waals surface area contributed by atoms with Crippen molar-refractivity contribution in [1.29, 1.82) is 0 Å². The summed E-state index contributed by atoms with van der Waals surface area (Å²) in [6.45, 7) is 3.24. The number of hydrogen-bond donors (Lipinski definition) is 2. The maximum Gasteiger partial charge on any atom is 0.221 e. The zero-order valence-electron chi connectivity index (χ0n) is 9.29. The summed E-state index contributed by atoms with van der Waals surface area (Å²) in [5.74, 6) is 3.24. The van der Waals surface area contributed by atoms with E-state index in [1.165, 1.54) is 18.6 Å². The summed E-state index contributed by atoms with van der Waals surface area (Å²) in [5.41, 5.74) is 0. The number of thioether (sulfide) groups is 1. The molecule has 3 nitrogen and oxygen atoms in total. The van der Waals surface area contributed by atoms with Crippen LogP contribution in [0.4, 0.5) is 0 Å². The number of amides is 1. The van der Waals surface area contributed by atoms with Gasteiger partial charge < -0.3 is 10.6 Å². The largest absolute Gasteiger partial charge is 0.353 e. The van der Waals surface area contributed by atoms with Crippen LogP contribution in [0.2, 0.25) is 0 Å². The van der Waals surface area contributed by atoms with Crippen LogP contribution < -0.4 is 10.6 Å². The van der Waals surface area contributed by atoms with Crippen LogP contribution >= 0.6 is 11.8 Å². The SMILES string of the molecule is CCC1CC1NC(=O)CC1CSCCN1. The minimum absolute atomic E-state index is 0.232. The van der Waals surface area contributed by atoms with E-state index in [1.54, 1.807) is 0 Å². The summed E-state index contributed by atoms with van der Waals surface area (Å²) < 4.78 is 0. The molecule has 2 rings (SSSR count). The van der Waals surface area contributed by atoms with Crippen molar-refractivity contribution in [3.8, 4) is 0 Å². The van der Waals surface area contributed by atoms with Gasteiger partial charge in [-0.3, -0.25) is 4.79 Å². The second-order valence-electron chi connectivity index (χ2n) is 4.51. The van der Waals surface area contributed by atoms with E-state index in [9.17, 15) is 4.79 Å². The molecule has 1 saturated heterocycles. The maximum absolute atomic E-state index is 11.7. The first-order valence-corrected chi connectivity index (χ1v) is 7.05. The second-order valence-corrected chi connectivity index (χ2v) is 5.66. The van der Waals surface area contributed by atoms with Crippen molar-refractivity contribution in [2.45, 2.75) is 38.3 Å². The number of carbonyl (C=O) groups is 1. The summed E-state index contributed by atoms with van der Waals surface area (Å²) in [7, 11) is 0. The molecule has 0 spiro atoms. The van der Waals surface area contributed by atoms with Gasteiger partial charge in [-0.05, 0) is 12.3 Å². The quantitative estimate of drug-likeness (QED) is 0.754. The van der Waals surface area contributed by atoms with E-state index >= 15 is 0 Å². The van der Waals surface area contributed by atoms with Gasteiger partial charge in [-0.25, -0.2) is 0 Å². The Bertz CT molecular complexity index is 229. The van der Waals surface area contributed by atoms with Crippen LogP contribution in [0.15, 0.2) is 0 Å². The molecule has 3 unspecified atom stereocenters. The minimum Gasteiger partial charge on any atom is -0.353 e. The predicted octanol–water partition coefficient (Wildman–Crippen LogP) is 0.996. The van der Waals surface area contributed by atoms with Crippen molar-refractivity contribution in [1.82, 2.24) is 10.6 Å². The van der Waals surface area contributed by atoms with Gasteiger partial charge in [0.2, 0.25) is 5.91 Å². The zero-order valence-corrected chi connectivity index (χ0v) is 10.1. The van der Waals surface area contributed by atoms with Crippen LogP contribution in [-0.4, -0.2) is 36.0 Å². The Morgan fingerprint density at radius 2 is 2.47 bits per heavy atom. The second kappa shape index (κ2) is 5.21. The Morgan fingerprint density at radius 3 is 3.07 bits per heavy atom. The third-order valence-corrected chi connectivity index (χ3v) is 4.35. The van der Waals surface area contributed by atoms with Gasteiger partial charge in [0.1, 0.15) is 0 Å². The third kappa shape index (κ3) is 3.38. The molecule has 2 aliphatic rings. The highest BCUT2D eigenvalue weighted by Gasteiger charge is 2.36. The number of hydrogen-bond acceptors (Lipinski definition) is 3. The van der Waals surface area contributed by atoms with Crippen LogP contribution in [0.1, 0.15) is 26.2 Å². The molecular formula is C11H20N2OS. The zero-order chi connectivity index (χ0) is 10.7. The lowest BCUT2D eigenvalue weighted by atomic mass is 10.2. The van der Waals surface area contributed by atoms with Crippen LogP contribution in [0.3, 0.4) is 0 Å². The van der Waals surface area contributed by atoms with Crippen molar-refractivity contribution in [3.05, 3.63) is 0 Å². The highest BCUT2D eigenvalue weighted by molar-refractivity contribution is 7.99. The monoisotopic (exact) mass is 228 g/mol. The smallest absolute Gasteiger partial charge is 0.221 e. The van der Waals surface area contributed by atoms with Crippen molar-refractivity contribution < 1.29 is 4.79 Å². The van der Waals surface area contributed by atoms with Gasteiger partial charge in [-0.2, -0.15) is 11.8 Å². The first-order valence-electron chi connectivity index (χ1n) is 5.90. The fraction of sp³-hybridized carbons (Fsp3) is 0.909. The highest BCUT2D eigenvalue weighted by Crippen LogP contribution is 2.33. The Labute approximate surface area is 95.8 Å². The van der Waals surface area contributed by atoms with E-state index in [1.807, 2.05) is 11.8 Å². The van der Waals surface area contributed by atoms with Gasteiger partial charge in [0.05, 0.1) is 0 Å². The van der Waals surface area contributed by atoms with Gasteiger partial charge in [0, 0.05) is 36.6 Å². The molecule has 1 saturated carbocycles. The molecule has 1 aliphatic carbocycles. The lowest BCUT2D eigenvalue weighted by molar-refractivity contribution is -0.121. The predicted molar refractivity (Wildman–Crippen MR) is 64.1 cm³/mol. The first kappa shape index (κ1) is 11.3. The summed E-state index contributed by atoms with van der Waals surface area (Å²) in [5, 5.41) is 6.50. The minimum atomic E-state index is 0.232. The Balaban J connectivity index is 1.64. The molecule has 0 bridgehead atoms. The van der Waals surface area contributed by atoms with E-state index in [2.05, 4.69) is 17.6 Å². The Kier molecular flexibility index (Phi) is 3.92. The molecule has 2 N–H and O–H groups in total. The lowest BCUT2D eigenvalue weighted by Gasteiger charge is -2.22. The van der Waals surface area contributed by atoms with Crippen molar-refractivity contribution in [2.24, 2.45) is 5.92 Å². The van der Waals surface area contributed by atoms with E-state index in [-0.39, 0.29) is 5.91 Å². The van der Waals surface area contributed by atoms with Crippen LogP contribution in [0.25, 0.3) is 0 Å². The van der Waals surface area contributed by atoms with Crippen LogP contribution in [0.5, 0.6) is 0 Å². The average molecular weight is 228 g/mol. The molecule has 1 amide bonds. The molecule has 86 valence electrons. The van der Waals surface area contributed by atoms with Gasteiger partial charge in [-0.15, -0.1) is 0 Å². The standard InChI is InChI=1S/C11H20N2OS/c1-2-8-5-10(8)13-11(14)6-9-7-15-4-3-12-9/h8-10,12H,2-7H2,1H3,(H,13,14). The van der Waals surface area contributed by atoms with E-state index in [4.69, 9.17) is 0 Å². The topological polar surface area (TPSA) is 41.1 Å². The number of nitrogens with one attached hydrogen (secondary N) is 2. The van der Waals surface area contributed by atoms with Crippen molar-refractivity contribution >= 4 is 17.7 Å². The van der Waals surface area contributed by atoms with Gasteiger partial charge >= 0.3 is 0 Å². The fourth-order valence-electron chi connectivity index (χ4n) is 2.12. The molecule has 3 atom stereocenters. The summed E-state index contributed by atoms with van der Waals surface area (Å²) in [4.78, 5) is 11.7. The van der Waals surface area contributed by atoms with E-state index in [0.717, 1.165) is 18.2 Å². The van der Waals surface area contributed by atoms with Crippen molar-refractivity contribution in [2.75, 3.05) is 18.1 Å². The van der Waals surface area contributed by atoms with Gasteiger partial charge in [-0.1, -0.05) is 13.3 Å². The average Bonchev–Trinajstić information content (AvgIpc) is 2.97.